The lowest BCUT2D eigenvalue weighted by Gasteiger charge is -2.31. The zero-order chi connectivity index (χ0) is 19.6. The number of sulfonamides is 1. The Balaban J connectivity index is 1.34. The van der Waals surface area contributed by atoms with E-state index in [-0.39, 0.29) is 16.7 Å². The van der Waals surface area contributed by atoms with Gasteiger partial charge in [-0.3, -0.25) is 4.79 Å². The van der Waals surface area contributed by atoms with Gasteiger partial charge < -0.3 is 19.5 Å². The van der Waals surface area contributed by atoms with Gasteiger partial charge in [0, 0.05) is 44.1 Å². The Kier molecular flexibility index (Phi) is 5.75. The third-order valence-electron chi connectivity index (χ3n) is 5.57. The lowest BCUT2D eigenvalue weighted by Crippen LogP contribution is -2.43. The molecule has 1 N–H and O–H groups in total. The highest BCUT2D eigenvalue weighted by atomic mass is 32.2. The van der Waals surface area contributed by atoms with Gasteiger partial charge in [-0.25, -0.2) is 8.42 Å². The summed E-state index contributed by atoms with van der Waals surface area (Å²) in [5.41, 5.74) is 0. The normalized spacial score (nSPS) is 23.5. The molecule has 0 aromatic heterocycles. The Labute approximate surface area is 165 Å². The molecule has 0 radical (unpaired) electrons. The lowest BCUT2D eigenvalue weighted by atomic mass is 9.97. The van der Waals surface area contributed by atoms with Crippen molar-refractivity contribution in [2.75, 3.05) is 46.1 Å². The molecule has 3 heterocycles. The van der Waals surface area contributed by atoms with Gasteiger partial charge in [-0.15, -0.1) is 0 Å². The average molecular weight is 410 g/mol. The minimum atomic E-state index is -3.62. The van der Waals surface area contributed by atoms with E-state index in [1.54, 1.807) is 12.1 Å². The van der Waals surface area contributed by atoms with Gasteiger partial charge in [0.1, 0.15) is 13.2 Å². The van der Waals surface area contributed by atoms with Crippen LogP contribution in [0.3, 0.4) is 0 Å². The molecule has 0 aliphatic carbocycles. The molecule has 3 aliphatic rings. The van der Waals surface area contributed by atoms with E-state index >= 15 is 0 Å². The molecule has 8 nitrogen and oxygen atoms in total. The van der Waals surface area contributed by atoms with E-state index in [1.165, 1.54) is 10.4 Å². The second-order valence-corrected chi connectivity index (χ2v) is 9.40. The average Bonchev–Trinajstić information content (AvgIpc) is 3.25. The number of amides is 1. The van der Waals surface area contributed by atoms with E-state index in [1.807, 2.05) is 0 Å². The van der Waals surface area contributed by atoms with Crippen LogP contribution in [-0.4, -0.2) is 64.7 Å². The number of hydrogen-bond donors (Lipinski definition) is 1. The largest absolute Gasteiger partial charge is 0.486 e. The van der Waals surface area contributed by atoms with E-state index < -0.39 is 10.0 Å². The zero-order valence-electron chi connectivity index (χ0n) is 15.8. The van der Waals surface area contributed by atoms with Crippen LogP contribution in [0.5, 0.6) is 11.5 Å². The van der Waals surface area contributed by atoms with Gasteiger partial charge in [0.25, 0.3) is 0 Å². The van der Waals surface area contributed by atoms with Crippen LogP contribution < -0.4 is 14.8 Å². The highest BCUT2D eigenvalue weighted by Crippen LogP contribution is 2.34. The minimum Gasteiger partial charge on any atom is -0.486 e. The second-order valence-electron chi connectivity index (χ2n) is 7.46. The van der Waals surface area contributed by atoms with Gasteiger partial charge in [-0.1, -0.05) is 0 Å². The maximum absolute atomic E-state index is 13.0. The molecule has 1 unspecified atom stereocenters. The SMILES string of the molecule is O=C(NCC1CCOC1)C1CCN(S(=O)(=O)c2ccc3c(c2)OCCO3)CC1. The van der Waals surface area contributed by atoms with Gasteiger partial charge in [-0.05, 0) is 31.4 Å². The molecule has 2 saturated heterocycles. The van der Waals surface area contributed by atoms with Gasteiger partial charge in [0.15, 0.2) is 11.5 Å². The number of carbonyl (C=O) groups excluding carboxylic acids is 1. The summed E-state index contributed by atoms with van der Waals surface area (Å²) in [5, 5.41) is 3.00. The fourth-order valence-corrected chi connectivity index (χ4v) is 5.31. The van der Waals surface area contributed by atoms with Crippen molar-refractivity contribution in [1.29, 1.82) is 0 Å². The van der Waals surface area contributed by atoms with Gasteiger partial charge in [-0.2, -0.15) is 4.31 Å². The first-order chi connectivity index (χ1) is 13.5. The summed E-state index contributed by atoms with van der Waals surface area (Å²) in [5.74, 6) is 1.28. The number of hydrogen-bond acceptors (Lipinski definition) is 6. The first-order valence-electron chi connectivity index (χ1n) is 9.79. The number of benzene rings is 1. The fraction of sp³-hybridized carbons (Fsp3) is 0.632. The van der Waals surface area contributed by atoms with Crippen LogP contribution >= 0.6 is 0 Å². The van der Waals surface area contributed by atoms with E-state index in [0.29, 0.717) is 69.7 Å². The summed E-state index contributed by atoms with van der Waals surface area (Å²) in [7, 11) is -3.62. The quantitative estimate of drug-likeness (QED) is 0.779. The van der Waals surface area contributed by atoms with E-state index in [0.717, 1.165) is 13.0 Å². The third kappa shape index (κ3) is 4.11. The Hall–Kier alpha value is -1.84. The number of ether oxygens (including phenoxy) is 3. The van der Waals surface area contributed by atoms with Crippen molar-refractivity contribution in [1.82, 2.24) is 9.62 Å². The Morgan fingerprint density at radius 1 is 1.07 bits per heavy atom. The van der Waals surface area contributed by atoms with Crippen LogP contribution in [0.25, 0.3) is 0 Å². The molecule has 9 heteroatoms. The van der Waals surface area contributed by atoms with Crippen LogP contribution in [0, 0.1) is 11.8 Å². The highest BCUT2D eigenvalue weighted by Gasteiger charge is 2.33. The predicted octanol–water partition coefficient (Wildman–Crippen LogP) is 1.01. The molecule has 0 saturated carbocycles. The maximum Gasteiger partial charge on any atom is 0.243 e. The van der Waals surface area contributed by atoms with Crippen LogP contribution in [0.15, 0.2) is 23.1 Å². The number of fused-ring (bicyclic) bond motifs is 1. The number of nitrogens with one attached hydrogen (secondary N) is 1. The van der Waals surface area contributed by atoms with Crippen molar-refractivity contribution in [2.24, 2.45) is 11.8 Å². The lowest BCUT2D eigenvalue weighted by molar-refractivity contribution is -0.126. The van der Waals surface area contributed by atoms with Crippen molar-refractivity contribution in [3.05, 3.63) is 18.2 Å². The van der Waals surface area contributed by atoms with Crippen molar-refractivity contribution in [2.45, 2.75) is 24.2 Å². The zero-order valence-corrected chi connectivity index (χ0v) is 16.6. The smallest absolute Gasteiger partial charge is 0.243 e. The van der Waals surface area contributed by atoms with Gasteiger partial charge >= 0.3 is 0 Å². The van der Waals surface area contributed by atoms with Crippen molar-refractivity contribution >= 4 is 15.9 Å². The molecule has 4 rings (SSSR count). The molecule has 1 aromatic rings. The Morgan fingerprint density at radius 3 is 2.54 bits per heavy atom. The summed E-state index contributed by atoms with van der Waals surface area (Å²) in [6, 6.07) is 4.70. The maximum atomic E-state index is 13.0. The Bertz CT molecular complexity index is 814. The molecule has 2 fully saturated rings. The van der Waals surface area contributed by atoms with Crippen molar-refractivity contribution in [3.63, 3.8) is 0 Å². The first kappa shape index (κ1) is 19.5. The number of nitrogens with zero attached hydrogens (tertiary/aromatic N) is 1. The second kappa shape index (κ2) is 8.26. The van der Waals surface area contributed by atoms with E-state index in [9.17, 15) is 13.2 Å². The topological polar surface area (TPSA) is 94.2 Å². The molecule has 0 bridgehead atoms. The number of piperidine rings is 1. The molecular weight excluding hydrogens is 384 g/mol. The molecule has 0 spiro atoms. The van der Waals surface area contributed by atoms with Crippen LogP contribution in [0.2, 0.25) is 0 Å². The summed E-state index contributed by atoms with van der Waals surface area (Å²) in [6.45, 7) is 3.63. The molecule has 28 heavy (non-hydrogen) atoms. The number of rotatable bonds is 5. The molecule has 1 atom stereocenters. The highest BCUT2D eigenvalue weighted by molar-refractivity contribution is 7.89. The summed E-state index contributed by atoms with van der Waals surface area (Å²) in [4.78, 5) is 12.6. The predicted molar refractivity (Wildman–Crippen MR) is 101 cm³/mol. The molecule has 3 aliphatic heterocycles. The molecule has 1 amide bonds. The standard InChI is InChI=1S/C19H26N2O6S/c22-19(20-12-14-5-8-25-13-14)15-3-6-21(7-4-15)28(23,24)16-1-2-17-18(11-16)27-10-9-26-17/h1-2,11,14-15H,3-10,12-13H2,(H,20,22). The number of carbonyl (C=O) groups is 1. The fourth-order valence-electron chi connectivity index (χ4n) is 3.83. The Morgan fingerprint density at radius 2 is 1.82 bits per heavy atom. The van der Waals surface area contributed by atoms with Crippen LogP contribution in [0.1, 0.15) is 19.3 Å². The molecule has 154 valence electrons. The molecular formula is C19H26N2O6S. The van der Waals surface area contributed by atoms with E-state index in [2.05, 4.69) is 5.32 Å². The minimum absolute atomic E-state index is 0.0169. The van der Waals surface area contributed by atoms with Crippen molar-refractivity contribution in [3.8, 4) is 11.5 Å². The summed E-state index contributed by atoms with van der Waals surface area (Å²) < 4.78 is 43.6. The van der Waals surface area contributed by atoms with Gasteiger partial charge in [0.2, 0.25) is 15.9 Å². The van der Waals surface area contributed by atoms with Crippen LogP contribution in [0.4, 0.5) is 0 Å². The monoisotopic (exact) mass is 410 g/mol. The van der Waals surface area contributed by atoms with Crippen LogP contribution in [-0.2, 0) is 19.6 Å². The molecule has 1 aromatic carbocycles. The third-order valence-corrected chi connectivity index (χ3v) is 7.46. The van der Waals surface area contributed by atoms with Gasteiger partial charge in [0.05, 0.1) is 11.5 Å². The van der Waals surface area contributed by atoms with E-state index in [4.69, 9.17) is 14.2 Å². The summed E-state index contributed by atoms with van der Waals surface area (Å²) >= 11 is 0. The summed E-state index contributed by atoms with van der Waals surface area (Å²) in [6.07, 6.45) is 2.03. The first-order valence-corrected chi connectivity index (χ1v) is 11.2. The van der Waals surface area contributed by atoms with Crippen molar-refractivity contribution < 1.29 is 27.4 Å².